The van der Waals surface area contributed by atoms with Gasteiger partial charge in [-0.05, 0) is 18.2 Å². The second-order valence-electron chi connectivity index (χ2n) is 5.99. The molecular weight excluding hydrogens is 283 g/mol. The van der Waals surface area contributed by atoms with E-state index in [1.54, 1.807) is 21.9 Å². The van der Waals surface area contributed by atoms with E-state index in [-0.39, 0.29) is 11.4 Å². The third-order valence-corrected chi connectivity index (χ3v) is 4.55. The largest absolute Gasteiger partial charge is 0.349 e. The lowest BCUT2D eigenvalue weighted by Gasteiger charge is -2.12. The fourth-order valence-electron chi connectivity index (χ4n) is 3.33. The van der Waals surface area contributed by atoms with E-state index < -0.39 is 0 Å². The van der Waals surface area contributed by atoms with Gasteiger partial charge in [-0.1, -0.05) is 0 Å². The summed E-state index contributed by atoms with van der Waals surface area (Å²) in [7, 11) is 0. The van der Waals surface area contributed by atoms with E-state index in [4.69, 9.17) is 0 Å². The van der Waals surface area contributed by atoms with Crippen molar-refractivity contribution in [3.05, 3.63) is 40.7 Å². The molecule has 1 fully saturated rings. The molecule has 0 spiro atoms. The molecule has 5 nitrogen and oxygen atoms in total. The molecule has 6 heteroatoms. The second kappa shape index (κ2) is 5.21. The Bertz CT molecular complexity index is 892. The Morgan fingerprint density at radius 1 is 1.32 bits per heavy atom. The van der Waals surface area contributed by atoms with Crippen LogP contribution in [0.1, 0.15) is 12.8 Å². The number of quaternary nitrogens is 1. The summed E-state index contributed by atoms with van der Waals surface area (Å²) in [6.07, 6.45) is 4.13. The number of fused-ring (bicyclic) bond motifs is 3. The lowest BCUT2D eigenvalue weighted by atomic mass is 10.2. The zero-order valence-electron chi connectivity index (χ0n) is 12.2. The fraction of sp³-hybridized carbons (Fsp3) is 0.375. The summed E-state index contributed by atoms with van der Waals surface area (Å²) in [6, 6.07) is 4.44. The molecule has 0 aliphatic carbocycles. The van der Waals surface area contributed by atoms with E-state index in [9.17, 15) is 9.18 Å². The van der Waals surface area contributed by atoms with Crippen molar-refractivity contribution in [2.75, 3.05) is 19.6 Å². The summed E-state index contributed by atoms with van der Waals surface area (Å²) in [6.45, 7) is 3.99. The van der Waals surface area contributed by atoms with Crippen LogP contribution in [0.15, 0.2) is 29.3 Å². The van der Waals surface area contributed by atoms with Gasteiger partial charge >= 0.3 is 0 Å². The summed E-state index contributed by atoms with van der Waals surface area (Å²) in [5.41, 5.74) is 1.66. The number of halogens is 1. The minimum Gasteiger partial charge on any atom is -0.349 e. The predicted octanol–water partition coefficient (Wildman–Crippen LogP) is 0.696. The highest BCUT2D eigenvalue weighted by molar-refractivity contribution is 6.04. The number of hydrogen-bond acceptors (Lipinski definition) is 2. The minimum atomic E-state index is -0.322. The Morgan fingerprint density at radius 2 is 2.14 bits per heavy atom. The molecule has 0 saturated carbocycles. The highest BCUT2D eigenvalue weighted by Crippen LogP contribution is 2.21. The van der Waals surface area contributed by atoms with Gasteiger partial charge in [0.25, 0.3) is 5.56 Å². The van der Waals surface area contributed by atoms with Crippen molar-refractivity contribution < 1.29 is 9.29 Å². The van der Waals surface area contributed by atoms with Gasteiger partial charge in [0.2, 0.25) is 0 Å². The highest BCUT2D eigenvalue weighted by atomic mass is 19.1. The van der Waals surface area contributed by atoms with Crippen LogP contribution in [-0.4, -0.2) is 34.2 Å². The van der Waals surface area contributed by atoms with E-state index in [0.29, 0.717) is 23.0 Å². The third-order valence-electron chi connectivity index (χ3n) is 4.55. The van der Waals surface area contributed by atoms with Crippen LogP contribution in [-0.2, 0) is 6.54 Å². The summed E-state index contributed by atoms with van der Waals surface area (Å²) in [4.78, 5) is 21.6. The number of aromatic amines is 1. The van der Waals surface area contributed by atoms with Crippen molar-refractivity contribution in [3.63, 3.8) is 0 Å². The maximum absolute atomic E-state index is 13.4. The van der Waals surface area contributed by atoms with E-state index in [1.165, 1.54) is 38.1 Å². The quantitative estimate of drug-likeness (QED) is 0.748. The Hall–Kier alpha value is -2.21. The number of H-pyrrole nitrogens is 1. The van der Waals surface area contributed by atoms with Gasteiger partial charge in [0.1, 0.15) is 16.9 Å². The monoisotopic (exact) mass is 301 g/mol. The average molecular weight is 301 g/mol. The summed E-state index contributed by atoms with van der Waals surface area (Å²) < 4.78 is 15.0. The summed E-state index contributed by atoms with van der Waals surface area (Å²) in [5.74, 6) is -0.322. The maximum Gasteiger partial charge on any atom is 0.277 e. The molecule has 0 radical (unpaired) electrons. The second-order valence-corrected chi connectivity index (χ2v) is 5.99. The first-order chi connectivity index (χ1) is 10.7. The zero-order valence-corrected chi connectivity index (χ0v) is 12.2. The Kier molecular flexibility index (Phi) is 3.18. The van der Waals surface area contributed by atoms with Gasteiger partial charge in [-0.15, -0.1) is 0 Å². The summed E-state index contributed by atoms with van der Waals surface area (Å²) >= 11 is 0. The van der Waals surface area contributed by atoms with Crippen molar-refractivity contribution in [1.82, 2.24) is 14.5 Å². The molecule has 0 amide bonds. The van der Waals surface area contributed by atoms with Crippen LogP contribution in [0, 0.1) is 5.82 Å². The first kappa shape index (κ1) is 13.5. The lowest BCUT2D eigenvalue weighted by molar-refractivity contribution is -0.888. The minimum absolute atomic E-state index is 0.0831. The van der Waals surface area contributed by atoms with E-state index in [2.05, 4.69) is 9.97 Å². The van der Waals surface area contributed by atoms with Gasteiger partial charge in [0, 0.05) is 23.7 Å². The molecule has 0 unspecified atom stereocenters. The zero-order chi connectivity index (χ0) is 15.1. The third kappa shape index (κ3) is 2.20. The van der Waals surface area contributed by atoms with Gasteiger partial charge in [0.15, 0.2) is 0 Å². The number of benzene rings is 1. The number of nitrogens with one attached hydrogen (secondary N) is 2. The van der Waals surface area contributed by atoms with Crippen LogP contribution in [0.3, 0.4) is 0 Å². The van der Waals surface area contributed by atoms with Gasteiger partial charge < -0.3 is 9.88 Å². The van der Waals surface area contributed by atoms with Crippen LogP contribution in [0.4, 0.5) is 4.39 Å². The highest BCUT2D eigenvalue weighted by Gasteiger charge is 2.16. The smallest absolute Gasteiger partial charge is 0.277 e. The van der Waals surface area contributed by atoms with Crippen molar-refractivity contribution >= 4 is 21.9 Å². The molecule has 2 aromatic heterocycles. The Labute approximate surface area is 126 Å². The van der Waals surface area contributed by atoms with Gasteiger partial charge in [0.05, 0.1) is 32.5 Å². The van der Waals surface area contributed by atoms with Crippen molar-refractivity contribution in [3.8, 4) is 0 Å². The number of rotatable bonds is 3. The average Bonchev–Trinajstić information content (AvgIpc) is 3.14. The number of likely N-dealkylation sites (tertiary alicyclic amines) is 1. The van der Waals surface area contributed by atoms with E-state index in [0.717, 1.165) is 12.1 Å². The molecule has 1 aliphatic heterocycles. The van der Waals surface area contributed by atoms with Crippen molar-refractivity contribution in [1.29, 1.82) is 0 Å². The predicted molar refractivity (Wildman–Crippen MR) is 82.6 cm³/mol. The molecule has 0 bridgehead atoms. The summed E-state index contributed by atoms with van der Waals surface area (Å²) in [5, 5.41) is 0.657. The first-order valence-electron chi connectivity index (χ1n) is 7.72. The Morgan fingerprint density at radius 3 is 2.95 bits per heavy atom. The van der Waals surface area contributed by atoms with Gasteiger partial charge in [-0.25, -0.2) is 9.37 Å². The first-order valence-corrected chi connectivity index (χ1v) is 7.72. The number of hydrogen-bond donors (Lipinski definition) is 2. The molecule has 3 heterocycles. The maximum atomic E-state index is 13.4. The number of aromatic nitrogens is 3. The van der Waals surface area contributed by atoms with Crippen molar-refractivity contribution in [2.24, 2.45) is 0 Å². The Balaban J connectivity index is 1.73. The molecule has 4 rings (SSSR count). The lowest BCUT2D eigenvalue weighted by Crippen LogP contribution is -3.10. The topological polar surface area (TPSA) is 55.1 Å². The molecule has 1 aliphatic rings. The number of nitrogens with zero attached hydrogens (tertiary/aromatic N) is 2. The molecule has 1 aromatic carbocycles. The molecule has 3 aromatic rings. The molecule has 22 heavy (non-hydrogen) atoms. The van der Waals surface area contributed by atoms with Crippen LogP contribution < -0.4 is 10.5 Å². The van der Waals surface area contributed by atoms with Gasteiger partial charge in [-0.2, -0.15) is 0 Å². The van der Waals surface area contributed by atoms with Crippen LogP contribution >= 0.6 is 0 Å². The fourth-order valence-corrected chi connectivity index (χ4v) is 3.33. The molecule has 114 valence electrons. The van der Waals surface area contributed by atoms with Crippen LogP contribution in [0.2, 0.25) is 0 Å². The van der Waals surface area contributed by atoms with E-state index in [1.807, 2.05) is 0 Å². The van der Waals surface area contributed by atoms with Crippen LogP contribution in [0.5, 0.6) is 0 Å². The van der Waals surface area contributed by atoms with E-state index >= 15 is 0 Å². The van der Waals surface area contributed by atoms with Crippen molar-refractivity contribution in [2.45, 2.75) is 19.4 Å². The normalized spacial score (nSPS) is 16.0. The molecule has 2 N–H and O–H groups in total. The standard InChI is InChI=1S/C16H17FN4O/c17-11-3-4-13-12(9-11)14-15(19-13)16(22)21(10-18-14)8-7-20-5-1-2-6-20/h3-4,9-10,19H,1-2,5-8H2/p+1. The molecule has 1 saturated heterocycles. The van der Waals surface area contributed by atoms with Gasteiger partial charge in [-0.3, -0.25) is 9.36 Å². The molecular formula is C16H18FN4O+. The van der Waals surface area contributed by atoms with Crippen LogP contribution in [0.25, 0.3) is 21.9 Å². The SMILES string of the molecule is O=c1c2[nH]c3ccc(F)cc3c2ncn1CC[NH+]1CCCC1. The molecule has 0 atom stereocenters.